The van der Waals surface area contributed by atoms with Crippen LogP contribution in [0.4, 0.5) is 0 Å². The first-order valence-electron chi connectivity index (χ1n) is 2.38. The second kappa shape index (κ2) is 3.90. The zero-order chi connectivity index (χ0) is 7.44. The summed E-state index contributed by atoms with van der Waals surface area (Å²) < 4.78 is 0. The first-order chi connectivity index (χ1) is 4.09. The highest BCUT2D eigenvalue weighted by atomic mass is 35.7. The molecule has 2 nitrogen and oxygen atoms in total. The van der Waals surface area contributed by atoms with Crippen LogP contribution in [0.3, 0.4) is 0 Å². The monoisotopic (exact) mass is 166 g/mol. The molecule has 0 saturated heterocycles. The van der Waals surface area contributed by atoms with Crippen molar-refractivity contribution in [2.24, 2.45) is 0 Å². The van der Waals surface area contributed by atoms with Crippen LogP contribution in [0.25, 0.3) is 0 Å². The Balaban J connectivity index is 3.99. The molecule has 4 heteroatoms. The number of Topliss-reactive ketones (excluding diaryl/α,β-unsaturated/α-hetero) is 2. The van der Waals surface area contributed by atoms with E-state index in [4.69, 9.17) is 10.7 Å². The Kier molecular flexibility index (Phi) is 3.89. The van der Waals surface area contributed by atoms with Crippen LogP contribution >= 0.6 is 21.7 Å². The minimum atomic E-state index is -0.674. The van der Waals surface area contributed by atoms with E-state index in [-0.39, 0.29) is 11.6 Å². The maximum Gasteiger partial charge on any atom is 0.151 e. The van der Waals surface area contributed by atoms with Crippen molar-refractivity contribution in [3.8, 4) is 0 Å². The van der Waals surface area contributed by atoms with Gasteiger partial charge in [0.1, 0.15) is 5.25 Å². The van der Waals surface area contributed by atoms with Crippen molar-refractivity contribution in [3.05, 3.63) is 0 Å². The molecule has 0 aliphatic heterocycles. The molecule has 0 unspecified atom stereocenters. The fourth-order valence-electron chi connectivity index (χ4n) is 0.412. The molecule has 0 heterocycles. The van der Waals surface area contributed by atoms with E-state index in [1.54, 1.807) is 0 Å². The van der Waals surface area contributed by atoms with E-state index in [0.29, 0.717) is 0 Å². The smallest absolute Gasteiger partial charge is 0.151 e. The number of ketones is 2. The summed E-state index contributed by atoms with van der Waals surface area (Å²) in [6.07, 6.45) is 0. The molecule has 0 fully saturated rings. The summed E-state index contributed by atoms with van der Waals surface area (Å²) >= 11 is 0. The number of carbonyl (C=O) groups is 2. The van der Waals surface area contributed by atoms with Crippen LogP contribution in [0.5, 0.6) is 0 Å². The molecule has 52 valence electrons. The van der Waals surface area contributed by atoms with Crippen LogP contribution in [0.2, 0.25) is 0 Å². The van der Waals surface area contributed by atoms with Gasteiger partial charge in [-0.15, -0.1) is 0 Å². The molecule has 0 bridgehead atoms. The quantitative estimate of drug-likeness (QED) is 0.595. The van der Waals surface area contributed by atoms with Crippen LogP contribution in [-0.4, -0.2) is 16.8 Å². The van der Waals surface area contributed by atoms with E-state index in [2.05, 4.69) is 0 Å². The van der Waals surface area contributed by atoms with E-state index in [1.807, 2.05) is 0 Å². The largest absolute Gasteiger partial charge is 0.298 e. The predicted molar refractivity (Wildman–Crippen MR) is 38.6 cm³/mol. The van der Waals surface area contributed by atoms with Gasteiger partial charge in [-0.25, -0.2) is 0 Å². The van der Waals surface area contributed by atoms with Gasteiger partial charge in [-0.1, -0.05) is 0 Å². The van der Waals surface area contributed by atoms with E-state index in [1.165, 1.54) is 13.8 Å². The van der Waals surface area contributed by atoms with Gasteiger partial charge < -0.3 is 0 Å². The van der Waals surface area contributed by atoms with Gasteiger partial charge in [-0.05, 0) is 35.5 Å². The van der Waals surface area contributed by atoms with Crippen molar-refractivity contribution in [3.63, 3.8) is 0 Å². The number of halogens is 1. The van der Waals surface area contributed by atoms with E-state index in [9.17, 15) is 9.59 Å². The Morgan fingerprint density at radius 3 is 1.67 bits per heavy atom. The van der Waals surface area contributed by atoms with Crippen molar-refractivity contribution in [1.29, 1.82) is 0 Å². The summed E-state index contributed by atoms with van der Waals surface area (Å²) in [7, 11) is 5.99. The predicted octanol–water partition coefficient (Wildman–Crippen LogP) is 1.42. The van der Waals surface area contributed by atoms with Crippen LogP contribution in [-0.2, 0) is 9.59 Å². The summed E-state index contributed by atoms with van der Waals surface area (Å²) in [5, 5.41) is -0.674. The Labute approximate surface area is 62.5 Å². The molecule has 0 aromatic heterocycles. The van der Waals surface area contributed by atoms with Gasteiger partial charge >= 0.3 is 0 Å². The Morgan fingerprint density at radius 1 is 1.33 bits per heavy atom. The molecule has 0 aromatic carbocycles. The fraction of sp³-hybridized carbons (Fsp3) is 0.600. The standard InChI is InChI=1S/C5H7ClO2S/c1-3(7)5(9-6)4(2)8/h5H,1-2H3. The molecular weight excluding hydrogens is 160 g/mol. The summed E-state index contributed by atoms with van der Waals surface area (Å²) in [5.74, 6) is -0.384. The highest BCUT2D eigenvalue weighted by Crippen LogP contribution is 2.16. The van der Waals surface area contributed by atoms with Gasteiger partial charge in [0.2, 0.25) is 0 Å². The van der Waals surface area contributed by atoms with Gasteiger partial charge in [-0.2, -0.15) is 0 Å². The fourth-order valence-corrected chi connectivity index (χ4v) is 1.42. The normalized spacial score (nSPS) is 9.78. The summed E-state index contributed by atoms with van der Waals surface area (Å²) in [5.41, 5.74) is 0. The molecule has 0 aliphatic rings. The average Bonchev–Trinajstić information content (AvgIpc) is 1.64. The van der Waals surface area contributed by atoms with E-state index >= 15 is 0 Å². The third kappa shape index (κ3) is 2.87. The van der Waals surface area contributed by atoms with Gasteiger partial charge in [0.25, 0.3) is 0 Å². The third-order valence-electron chi connectivity index (χ3n) is 0.828. The van der Waals surface area contributed by atoms with Gasteiger partial charge in [0, 0.05) is 0 Å². The lowest BCUT2D eigenvalue weighted by Gasteiger charge is -2.01. The van der Waals surface area contributed by atoms with Gasteiger partial charge in [0.15, 0.2) is 11.6 Å². The highest BCUT2D eigenvalue weighted by Gasteiger charge is 2.18. The SMILES string of the molecule is CC(=O)C(SCl)C(C)=O. The maximum absolute atomic E-state index is 10.5. The highest BCUT2D eigenvalue weighted by molar-refractivity contribution is 8.22. The minimum absolute atomic E-state index is 0.192. The van der Waals surface area contributed by atoms with Crippen molar-refractivity contribution < 1.29 is 9.59 Å². The molecule has 0 saturated carbocycles. The maximum atomic E-state index is 10.5. The molecule has 0 radical (unpaired) electrons. The molecule has 0 amide bonds. The molecule has 0 rings (SSSR count). The van der Waals surface area contributed by atoms with Crippen molar-refractivity contribution in [1.82, 2.24) is 0 Å². The molecule has 0 N–H and O–H groups in total. The third-order valence-corrected chi connectivity index (χ3v) is 2.20. The number of hydrogen-bond donors (Lipinski definition) is 0. The first-order valence-corrected chi connectivity index (χ1v) is 4.08. The lowest BCUT2D eigenvalue weighted by molar-refractivity contribution is -0.123. The van der Waals surface area contributed by atoms with Crippen molar-refractivity contribution in [2.75, 3.05) is 0 Å². The number of hydrogen-bond acceptors (Lipinski definition) is 3. The summed E-state index contributed by atoms with van der Waals surface area (Å²) in [6.45, 7) is 2.70. The van der Waals surface area contributed by atoms with E-state index < -0.39 is 5.25 Å². The summed E-state index contributed by atoms with van der Waals surface area (Å²) in [6, 6.07) is 0. The zero-order valence-corrected chi connectivity index (χ0v) is 6.75. The molecule has 0 spiro atoms. The van der Waals surface area contributed by atoms with E-state index in [0.717, 1.165) is 11.0 Å². The molecule has 0 atom stereocenters. The molecule has 0 aliphatic carbocycles. The first kappa shape index (κ1) is 8.98. The number of carbonyl (C=O) groups excluding carboxylic acids is 2. The topological polar surface area (TPSA) is 34.1 Å². The van der Waals surface area contributed by atoms with Gasteiger partial charge in [0.05, 0.1) is 0 Å². The van der Waals surface area contributed by atoms with Gasteiger partial charge in [-0.3, -0.25) is 9.59 Å². The Bertz CT molecular complexity index is 121. The van der Waals surface area contributed by atoms with Crippen LogP contribution < -0.4 is 0 Å². The lowest BCUT2D eigenvalue weighted by Crippen LogP contribution is -2.20. The Morgan fingerprint density at radius 2 is 1.67 bits per heavy atom. The summed E-state index contributed by atoms with van der Waals surface area (Å²) in [4.78, 5) is 21.0. The van der Waals surface area contributed by atoms with Crippen LogP contribution in [0.1, 0.15) is 13.8 Å². The second-order valence-electron chi connectivity index (χ2n) is 1.69. The number of rotatable bonds is 3. The molecular formula is C5H7ClO2S. The second-order valence-corrected chi connectivity index (χ2v) is 2.87. The van der Waals surface area contributed by atoms with Crippen molar-refractivity contribution in [2.45, 2.75) is 19.1 Å². The molecule has 0 aromatic rings. The zero-order valence-electron chi connectivity index (χ0n) is 5.18. The van der Waals surface area contributed by atoms with Crippen LogP contribution in [0.15, 0.2) is 0 Å². The average molecular weight is 167 g/mol. The van der Waals surface area contributed by atoms with Crippen molar-refractivity contribution >= 4 is 33.2 Å². The molecule has 9 heavy (non-hydrogen) atoms. The Hall–Kier alpha value is -0.0200. The minimum Gasteiger partial charge on any atom is -0.298 e. The lowest BCUT2D eigenvalue weighted by atomic mass is 10.2. The van der Waals surface area contributed by atoms with Crippen LogP contribution in [0, 0.1) is 0 Å².